The van der Waals surface area contributed by atoms with Crippen LogP contribution in [0.25, 0.3) is 0 Å². The van der Waals surface area contributed by atoms with E-state index in [0.717, 1.165) is 9.35 Å². The first-order chi connectivity index (χ1) is 6.29. The van der Waals surface area contributed by atoms with E-state index in [2.05, 4.69) is 36.7 Å². The Bertz CT molecular complexity index is 347. The molecule has 0 saturated heterocycles. The number of hydrogen-bond acceptors (Lipinski definition) is 2. The molecule has 1 rings (SSSR count). The van der Waals surface area contributed by atoms with Gasteiger partial charge in [-0.2, -0.15) is 0 Å². The summed E-state index contributed by atoms with van der Waals surface area (Å²) in [6, 6.07) is 2.00. The monoisotopic (exact) mass is 274 g/mol. The van der Waals surface area contributed by atoms with Gasteiger partial charge in [-0.15, -0.1) is 11.3 Å². The van der Waals surface area contributed by atoms with Crippen molar-refractivity contribution in [3.05, 3.63) is 20.3 Å². The molecule has 0 unspecified atom stereocenters. The van der Waals surface area contributed by atoms with Crippen LogP contribution in [0.1, 0.15) is 41.7 Å². The molecular weight excluding hydrogens is 260 g/mol. The molecular formula is C11H15BrOS. The van der Waals surface area contributed by atoms with Gasteiger partial charge < -0.3 is 0 Å². The van der Waals surface area contributed by atoms with Crippen molar-refractivity contribution in [3.63, 3.8) is 0 Å². The molecule has 0 spiro atoms. The summed E-state index contributed by atoms with van der Waals surface area (Å²) in [5.74, 6) is 0.238. The van der Waals surface area contributed by atoms with Crippen molar-refractivity contribution in [2.75, 3.05) is 0 Å². The second-order valence-electron chi connectivity index (χ2n) is 4.69. The third-order valence-electron chi connectivity index (χ3n) is 1.75. The predicted octanol–water partition coefficient (Wildman–Crippen LogP) is 4.44. The number of Topliss-reactive ketones (excluding diaryl/α,β-unsaturated/α-hetero) is 1. The molecule has 14 heavy (non-hydrogen) atoms. The van der Waals surface area contributed by atoms with Gasteiger partial charge in [0, 0.05) is 15.8 Å². The maximum atomic E-state index is 11.9. The fourth-order valence-corrected chi connectivity index (χ4v) is 3.04. The molecule has 0 amide bonds. The summed E-state index contributed by atoms with van der Waals surface area (Å²) in [6.45, 7) is 8.26. The van der Waals surface area contributed by atoms with E-state index in [0.29, 0.717) is 6.42 Å². The summed E-state index contributed by atoms with van der Waals surface area (Å²) in [5.41, 5.74) is 0.0639. The summed E-state index contributed by atoms with van der Waals surface area (Å²) in [4.78, 5) is 13.9. The summed E-state index contributed by atoms with van der Waals surface area (Å²) in [5, 5.41) is 0. The molecule has 0 saturated carbocycles. The third kappa shape index (κ3) is 3.21. The predicted molar refractivity (Wildman–Crippen MR) is 65.2 cm³/mol. The largest absolute Gasteiger partial charge is 0.293 e. The molecule has 1 nitrogen and oxygen atoms in total. The van der Waals surface area contributed by atoms with Gasteiger partial charge in [0.2, 0.25) is 0 Å². The number of hydrogen-bond donors (Lipinski definition) is 0. The van der Waals surface area contributed by atoms with Crippen LogP contribution in [0.4, 0.5) is 0 Å². The minimum absolute atomic E-state index is 0.0639. The maximum absolute atomic E-state index is 11.9. The van der Waals surface area contributed by atoms with Gasteiger partial charge in [0.05, 0.1) is 4.88 Å². The van der Waals surface area contributed by atoms with Crippen LogP contribution >= 0.6 is 27.3 Å². The average Bonchev–Trinajstić information content (AvgIpc) is 2.26. The van der Waals surface area contributed by atoms with Crippen LogP contribution < -0.4 is 0 Å². The minimum Gasteiger partial charge on any atom is -0.293 e. The van der Waals surface area contributed by atoms with Gasteiger partial charge in [0.1, 0.15) is 0 Å². The van der Waals surface area contributed by atoms with Crippen LogP contribution in [-0.2, 0) is 0 Å². The van der Waals surface area contributed by atoms with E-state index in [4.69, 9.17) is 0 Å². The lowest BCUT2D eigenvalue weighted by Gasteiger charge is -2.16. The van der Waals surface area contributed by atoms with Crippen LogP contribution in [0, 0.1) is 12.3 Å². The molecule has 0 bridgehead atoms. The highest BCUT2D eigenvalue weighted by Crippen LogP contribution is 2.31. The summed E-state index contributed by atoms with van der Waals surface area (Å²) in [7, 11) is 0. The summed E-state index contributed by atoms with van der Waals surface area (Å²) >= 11 is 4.98. The zero-order valence-electron chi connectivity index (χ0n) is 8.98. The molecule has 0 aliphatic rings. The second kappa shape index (κ2) is 4.15. The zero-order valence-corrected chi connectivity index (χ0v) is 11.4. The first-order valence-electron chi connectivity index (χ1n) is 4.59. The topological polar surface area (TPSA) is 17.1 Å². The molecule has 1 aromatic rings. The van der Waals surface area contributed by atoms with Crippen LogP contribution in [-0.4, -0.2) is 5.78 Å². The van der Waals surface area contributed by atoms with Crippen LogP contribution in [0.3, 0.4) is 0 Å². The van der Waals surface area contributed by atoms with Gasteiger partial charge in [0.25, 0.3) is 0 Å². The van der Waals surface area contributed by atoms with Gasteiger partial charge in [-0.25, -0.2) is 0 Å². The lowest BCUT2D eigenvalue weighted by molar-refractivity contribution is 0.0943. The fourth-order valence-electron chi connectivity index (χ4n) is 1.24. The van der Waals surface area contributed by atoms with Crippen molar-refractivity contribution in [3.8, 4) is 0 Å². The van der Waals surface area contributed by atoms with Gasteiger partial charge in [0.15, 0.2) is 5.78 Å². The Hall–Kier alpha value is -0.150. The smallest absolute Gasteiger partial charge is 0.174 e. The molecule has 1 heterocycles. The third-order valence-corrected chi connectivity index (χ3v) is 3.73. The minimum atomic E-state index is 0.0639. The number of ketones is 1. The highest BCUT2D eigenvalue weighted by atomic mass is 79.9. The first-order valence-corrected chi connectivity index (χ1v) is 6.20. The van der Waals surface area contributed by atoms with Crippen molar-refractivity contribution in [2.24, 2.45) is 5.41 Å². The van der Waals surface area contributed by atoms with Gasteiger partial charge >= 0.3 is 0 Å². The number of aryl methyl sites for hydroxylation is 1. The molecule has 0 aromatic carbocycles. The van der Waals surface area contributed by atoms with Crippen LogP contribution in [0.5, 0.6) is 0 Å². The van der Waals surface area contributed by atoms with Crippen molar-refractivity contribution in [2.45, 2.75) is 34.1 Å². The quantitative estimate of drug-likeness (QED) is 0.729. The fraction of sp³-hybridized carbons (Fsp3) is 0.545. The standard InChI is InChI=1S/C11H15BrOS/c1-7-5-8(12)10(14-7)9(13)6-11(2,3)4/h5H,6H2,1-4H3. The van der Waals surface area contributed by atoms with Crippen molar-refractivity contribution < 1.29 is 4.79 Å². The van der Waals surface area contributed by atoms with E-state index in [1.807, 2.05) is 13.0 Å². The molecule has 78 valence electrons. The Kier molecular flexibility index (Phi) is 3.53. The maximum Gasteiger partial charge on any atom is 0.174 e. The number of halogens is 1. The number of carbonyl (C=O) groups excluding carboxylic acids is 1. The molecule has 0 fully saturated rings. The van der Waals surface area contributed by atoms with Crippen LogP contribution in [0.15, 0.2) is 10.5 Å². The van der Waals surface area contributed by atoms with Crippen LogP contribution in [0.2, 0.25) is 0 Å². The molecule has 0 aliphatic heterocycles. The van der Waals surface area contributed by atoms with E-state index in [9.17, 15) is 4.79 Å². The van der Waals surface area contributed by atoms with Gasteiger partial charge in [-0.3, -0.25) is 4.79 Å². The van der Waals surface area contributed by atoms with Gasteiger partial charge in [-0.1, -0.05) is 20.8 Å². The SMILES string of the molecule is Cc1cc(Br)c(C(=O)CC(C)(C)C)s1. The summed E-state index contributed by atoms with van der Waals surface area (Å²) < 4.78 is 0.939. The molecule has 0 radical (unpaired) electrons. The van der Waals surface area contributed by atoms with E-state index in [-0.39, 0.29) is 11.2 Å². The molecule has 0 N–H and O–H groups in total. The molecule has 0 atom stereocenters. The van der Waals surface area contributed by atoms with E-state index in [1.165, 1.54) is 4.88 Å². The molecule has 3 heteroatoms. The second-order valence-corrected chi connectivity index (χ2v) is 6.81. The van der Waals surface area contributed by atoms with E-state index >= 15 is 0 Å². The highest BCUT2D eigenvalue weighted by molar-refractivity contribution is 9.10. The Morgan fingerprint density at radius 3 is 2.43 bits per heavy atom. The van der Waals surface area contributed by atoms with E-state index < -0.39 is 0 Å². The first kappa shape index (κ1) is 11.9. The molecule has 0 aliphatic carbocycles. The van der Waals surface area contributed by atoms with E-state index in [1.54, 1.807) is 11.3 Å². The normalized spacial score (nSPS) is 11.8. The Morgan fingerprint density at radius 2 is 2.07 bits per heavy atom. The Balaban J connectivity index is 2.85. The zero-order chi connectivity index (χ0) is 10.9. The number of thiophene rings is 1. The molecule has 1 aromatic heterocycles. The lowest BCUT2D eigenvalue weighted by atomic mass is 9.89. The van der Waals surface area contributed by atoms with Crippen molar-refractivity contribution in [1.82, 2.24) is 0 Å². The number of carbonyl (C=O) groups is 1. The van der Waals surface area contributed by atoms with Crippen molar-refractivity contribution in [1.29, 1.82) is 0 Å². The highest BCUT2D eigenvalue weighted by Gasteiger charge is 2.20. The number of rotatable bonds is 2. The lowest BCUT2D eigenvalue weighted by Crippen LogP contribution is -2.12. The summed E-state index contributed by atoms with van der Waals surface area (Å²) in [6.07, 6.45) is 0.603. The van der Waals surface area contributed by atoms with Gasteiger partial charge in [-0.05, 0) is 34.3 Å². The Morgan fingerprint density at radius 1 is 1.50 bits per heavy atom. The Labute approximate surface area is 97.7 Å². The van der Waals surface area contributed by atoms with Crippen molar-refractivity contribution >= 4 is 33.0 Å². The average molecular weight is 275 g/mol.